The van der Waals surface area contributed by atoms with E-state index in [-0.39, 0.29) is 0 Å². The second-order valence-corrected chi connectivity index (χ2v) is 6.40. The number of pyridine rings is 1. The molecule has 3 rings (SSSR count). The topological polar surface area (TPSA) is 51.6 Å². The Hall–Kier alpha value is -2.14. The highest BCUT2D eigenvalue weighted by Gasteiger charge is 2.28. The van der Waals surface area contributed by atoms with Crippen LogP contribution in [0.4, 0.5) is 0 Å². The van der Waals surface area contributed by atoms with E-state index >= 15 is 0 Å². The lowest BCUT2D eigenvalue weighted by Crippen LogP contribution is -2.24. The third-order valence-corrected chi connectivity index (χ3v) is 4.59. The minimum atomic E-state index is -1.46. The van der Waals surface area contributed by atoms with E-state index in [0.29, 0.717) is 22.9 Å². The number of nitrogens with zero attached hydrogens (tertiary/aromatic N) is 1. The van der Waals surface area contributed by atoms with Gasteiger partial charge in [-0.3, -0.25) is 0 Å². The molecule has 0 aliphatic heterocycles. The third kappa shape index (κ3) is 3.47. The summed E-state index contributed by atoms with van der Waals surface area (Å²) < 4.78 is 10.9. The lowest BCUT2D eigenvalue weighted by atomic mass is 9.92. The third-order valence-electron chi connectivity index (χ3n) is 4.37. The molecule has 4 nitrogen and oxygen atoms in total. The molecule has 3 aromatic rings. The van der Waals surface area contributed by atoms with Gasteiger partial charge in [-0.1, -0.05) is 41.9 Å². The smallest absolute Gasteiger partial charge is 0.192 e. The zero-order chi connectivity index (χ0) is 18.0. The minimum Gasteiger partial charge on any atom is -0.496 e. The molecule has 0 radical (unpaired) electrons. The van der Waals surface area contributed by atoms with Gasteiger partial charge in [0.25, 0.3) is 0 Å². The van der Waals surface area contributed by atoms with Crippen LogP contribution in [0, 0.1) is 0 Å². The fourth-order valence-corrected chi connectivity index (χ4v) is 3.09. The average Bonchev–Trinajstić information content (AvgIpc) is 2.63. The van der Waals surface area contributed by atoms with E-state index in [1.807, 2.05) is 36.4 Å². The summed E-state index contributed by atoms with van der Waals surface area (Å²) in [6, 6.07) is 13.6. The highest BCUT2D eigenvalue weighted by molar-refractivity contribution is 6.29. The fraction of sp³-hybridized carbons (Fsp3) is 0.250. The molecule has 1 unspecified atom stereocenters. The molecule has 0 aliphatic carbocycles. The van der Waals surface area contributed by atoms with Crippen LogP contribution in [0.5, 0.6) is 5.75 Å². The van der Waals surface area contributed by atoms with Crippen molar-refractivity contribution in [2.45, 2.75) is 19.1 Å². The molecule has 0 amide bonds. The number of fused-ring (bicyclic) bond motifs is 1. The molecule has 2 aromatic carbocycles. The summed E-state index contributed by atoms with van der Waals surface area (Å²) >= 11 is 5.88. The second-order valence-electron chi connectivity index (χ2n) is 6.02. The maximum atomic E-state index is 10.7. The van der Waals surface area contributed by atoms with Crippen molar-refractivity contribution in [2.24, 2.45) is 0 Å². The molecule has 1 aromatic heterocycles. The van der Waals surface area contributed by atoms with E-state index in [0.717, 1.165) is 21.9 Å². The molecular weight excluding hydrogens is 338 g/mol. The Kier molecular flexibility index (Phi) is 4.95. The van der Waals surface area contributed by atoms with E-state index in [9.17, 15) is 5.11 Å². The zero-order valence-corrected chi connectivity index (χ0v) is 15.2. The summed E-state index contributed by atoms with van der Waals surface area (Å²) in [7, 11) is 3.07. The Morgan fingerprint density at radius 2 is 1.84 bits per heavy atom. The number of aliphatic hydroxyl groups is 1. The number of halogens is 1. The van der Waals surface area contributed by atoms with Gasteiger partial charge >= 0.3 is 0 Å². The molecule has 25 heavy (non-hydrogen) atoms. The Morgan fingerprint density at radius 1 is 1.12 bits per heavy atom. The molecule has 130 valence electrons. The molecule has 1 heterocycles. The predicted octanol–water partition coefficient (Wildman–Crippen LogP) is 4.30. The molecular formula is C20H20ClNO3. The first-order chi connectivity index (χ1) is 12.0. The van der Waals surface area contributed by atoms with Gasteiger partial charge < -0.3 is 14.6 Å². The highest BCUT2D eigenvalue weighted by Crippen LogP contribution is 2.39. The summed E-state index contributed by atoms with van der Waals surface area (Å²) in [5.74, 6) is -0.844. The van der Waals surface area contributed by atoms with Crippen molar-refractivity contribution in [1.82, 2.24) is 4.98 Å². The van der Waals surface area contributed by atoms with E-state index in [1.165, 1.54) is 7.11 Å². The molecule has 1 atom stereocenters. The number of ether oxygens (including phenoxy) is 2. The highest BCUT2D eigenvalue weighted by atomic mass is 35.5. The van der Waals surface area contributed by atoms with Crippen LogP contribution < -0.4 is 4.74 Å². The monoisotopic (exact) mass is 357 g/mol. The largest absolute Gasteiger partial charge is 0.496 e. The normalized spacial score (nSPS) is 13.6. The number of benzene rings is 2. The van der Waals surface area contributed by atoms with Crippen molar-refractivity contribution in [2.75, 3.05) is 14.2 Å². The maximum Gasteiger partial charge on any atom is 0.192 e. The van der Waals surface area contributed by atoms with Gasteiger partial charge in [0.1, 0.15) is 10.9 Å². The van der Waals surface area contributed by atoms with Gasteiger partial charge in [0, 0.05) is 18.7 Å². The van der Waals surface area contributed by atoms with Gasteiger partial charge in [0.05, 0.1) is 12.7 Å². The summed E-state index contributed by atoms with van der Waals surface area (Å²) in [6.07, 6.45) is 2.41. The number of hydrogen-bond acceptors (Lipinski definition) is 4. The number of methoxy groups -OCH3 is 2. The van der Waals surface area contributed by atoms with Crippen molar-refractivity contribution >= 4 is 22.4 Å². The number of aromatic nitrogens is 1. The SMILES string of the molecule is COc1c(C(C)(O)OC)cc(Cc2ccc(Cl)nc2)c2ccccc12. The Morgan fingerprint density at radius 3 is 2.44 bits per heavy atom. The first-order valence-electron chi connectivity index (χ1n) is 7.93. The lowest BCUT2D eigenvalue weighted by molar-refractivity contribution is -0.179. The van der Waals surface area contributed by atoms with Crippen molar-refractivity contribution in [3.63, 3.8) is 0 Å². The standard InChI is InChI=1S/C20H20ClNO3/c1-20(23,25-3)17-11-14(10-13-8-9-18(21)22-12-13)15-6-4-5-7-16(15)19(17)24-2/h4-9,11-12,23H,10H2,1-3H3. The van der Waals surface area contributed by atoms with Crippen LogP contribution in [-0.2, 0) is 16.9 Å². The number of hydrogen-bond donors (Lipinski definition) is 1. The van der Waals surface area contributed by atoms with Gasteiger partial charge in [0.2, 0.25) is 0 Å². The molecule has 0 spiro atoms. The van der Waals surface area contributed by atoms with Crippen molar-refractivity contribution in [1.29, 1.82) is 0 Å². The number of rotatable bonds is 5. The van der Waals surface area contributed by atoms with Gasteiger partial charge in [-0.05, 0) is 42.0 Å². The van der Waals surface area contributed by atoms with Crippen LogP contribution in [0.25, 0.3) is 10.8 Å². The van der Waals surface area contributed by atoms with Crippen LogP contribution in [-0.4, -0.2) is 24.3 Å². The summed E-state index contributed by atoms with van der Waals surface area (Å²) in [6.45, 7) is 1.60. The van der Waals surface area contributed by atoms with Gasteiger partial charge in [-0.2, -0.15) is 0 Å². The van der Waals surface area contributed by atoms with Gasteiger partial charge in [0.15, 0.2) is 5.79 Å². The lowest BCUT2D eigenvalue weighted by Gasteiger charge is -2.26. The zero-order valence-electron chi connectivity index (χ0n) is 14.4. The van der Waals surface area contributed by atoms with Crippen molar-refractivity contribution < 1.29 is 14.6 Å². The van der Waals surface area contributed by atoms with Crippen molar-refractivity contribution in [3.8, 4) is 5.75 Å². The first-order valence-corrected chi connectivity index (χ1v) is 8.31. The van der Waals surface area contributed by atoms with E-state index in [1.54, 1.807) is 26.3 Å². The van der Waals surface area contributed by atoms with E-state index in [2.05, 4.69) is 4.98 Å². The predicted molar refractivity (Wildman–Crippen MR) is 99.1 cm³/mol. The van der Waals surface area contributed by atoms with Gasteiger partial charge in [-0.15, -0.1) is 0 Å². The summed E-state index contributed by atoms with van der Waals surface area (Å²) in [5.41, 5.74) is 2.67. The quantitative estimate of drug-likeness (QED) is 0.546. The first kappa shape index (κ1) is 17.7. The molecule has 0 saturated carbocycles. The van der Waals surface area contributed by atoms with E-state index < -0.39 is 5.79 Å². The minimum absolute atomic E-state index is 0.464. The molecule has 1 N–H and O–H groups in total. The molecule has 0 bridgehead atoms. The van der Waals surface area contributed by atoms with Crippen LogP contribution in [0.15, 0.2) is 48.7 Å². The fourth-order valence-electron chi connectivity index (χ4n) is 2.98. The van der Waals surface area contributed by atoms with Crippen LogP contribution in [0.1, 0.15) is 23.6 Å². The maximum absolute atomic E-state index is 10.7. The summed E-state index contributed by atoms with van der Waals surface area (Å²) in [4.78, 5) is 4.14. The molecule has 0 saturated heterocycles. The Labute approximate surface area is 152 Å². The summed E-state index contributed by atoms with van der Waals surface area (Å²) in [5, 5.41) is 13.1. The Bertz CT molecular complexity index is 891. The van der Waals surface area contributed by atoms with Crippen molar-refractivity contribution in [3.05, 3.63) is 70.5 Å². The van der Waals surface area contributed by atoms with Crippen LogP contribution in [0.3, 0.4) is 0 Å². The second kappa shape index (κ2) is 7.00. The van der Waals surface area contributed by atoms with E-state index in [4.69, 9.17) is 21.1 Å². The van der Waals surface area contributed by atoms with Crippen LogP contribution >= 0.6 is 11.6 Å². The van der Waals surface area contributed by atoms with Gasteiger partial charge in [-0.25, -0.2) is 4.98 Å². The molecule has 5 heteroatoms. The van der Waals surface area contributed by atoms with Crippen LogP contribution in [0.2, 0.25) is 5.15 Å². The average molecular weight is 358 g/mol. The molecule has 0 fully saturated rings. The Balaban J connectivity index is 2.22. The molecule has 0 aliphatic rings.